The van der Waals surface area contributed by atoms with Crippen molar-refractivity contribution in [1.29, 1.82) is 0 Å². The third-order valence-corrected chi connectivity index (χ3v) is 5.87. The highest BCUT2D eigenvalue weighted by molar-refractivity contribution is 7.91. The molecule has 0 spiro atoms. The number of rotatable bonds is 7. The van der Waals surface area contributed by atoms with Crippen molar-refractivity contribution in [2.75, 3.05) is 30.6 Å². The zero-order valence-corrected chi connectivity index (χ0v) is 15.2. The zero-order valence-electron chi connectivity index (χ0n) is 14.4. The summed E-state index contributed by atoms with van der Waals surface area (Å²) in [5.41, 5.74) is 1.72. The van der Waals surface area contributed by atoms with Crippen LogP contribution < -0.4 is 9.64 Å². The summed E-state index contributed by atoms with van der Waals surface area (Å²) in [6.07, 6.45) is 1.49. The van der Waals surface area contributed by atoms with Gasteiger partial charge < -0.3 is 9.64 Å². The van der Waals surface area contributed by atoms with E-state index in [9.17, 15) is 8.42 Å². The first-order valence-electron chi connectivity index (χ1n) is 7.76. The minimum atomic E-state index is -3.04. The van der Waals surface area contributed by atoms with Crippen LogP contribution in [0.4, 0.5) is 5.82 Å². The first-order valence-corrected chi connectivity index (χ1v) is 9.58. The van der Waals surface area contributed by atoms with Crippen LogP contribution in [0.25, 0.3) is 11.3 Å². The van der Waals surface area contributed by atoms with E-state index in [1.165, 1.54) is 6.33 Å². The van der Waals surface area contributed by atoms with E-state index in [0.717, 1.165) is 17.0 Å². The van der Waals surface area contributed by atoms with Gasteiger partial charge >= 0.3 is 0 Å². The zero-order chi connectivity index (χ0) is 17.7. The molecule has 0 aliphatic carbocycles. The van der Waals surface area contributed by atoms with Crippen molar-refractivity contribution < 1.29 is 13.2 Å². The predicted octanol–water partition coefficient (Wildman–Crippen LogP) is 2.41. The molecule has 1 atom stereocenters. The SMILES string of the molecule is CCS(=O)(=O)CC(C)N(C)c1cc(-c2ccc(OC)cc2)ncn1. The van der Waals surface area contributed by atoms with Gasteiger partial charge in [-0.1, -0.05) is 6.92 Å². The number of sulfone groups is 1. The molecule has 6 nitrogen and oxygen atoms in total. The maximum Gasteiger partial charge on any atom is 0.152 e. The Morgan fingerprint density at radius 1 is 1.21 bits per heavy atom. The van der Waals surface area contributed by atoms with E-state index in [4.69, 9.17) is 4.74 Å². The highest BCUT2D eigenvalue weighted by Crippen LogP contribution is 2.23. The summed E-state index contributed by atoms with van der Waals surface area (Å²) in [4.78, 5) is 10.4. The van der Waals surface area contributed by atoms with Crippen LogP contribution in [0.15, 0.2) is 36.7 Å². The van der Waals surface area contributed by atoms with Gasteiger partial charge in [-0.3, -0.25) is 0 Å². The summed E-state index contributed by atoms with van der Waals surface area (Å²) in [7, 11) is 0.426. The molecule has 1 heterocycles. The van der Waals surface area contributed by atoms with E-state index in [-0.39, 0.29) is 17.5 Å². The third-order valence-electron chi connectivity index (χ3n) is 4.00. The van der Waals surface area contributed by atoms with Crippen LogP contribution in [0.2, 0.25) is 0 Å². The van der Waals surface area contributed by atoms with Crippen molar-refractivity contribution in [2.24, 2.45) is 0 Å². The molecule has 0 bridgehead atoms. The second kappa shape index (κ2) is 7.61. The second-order valence-corrected chi connectivity index (χ2v) is 8.05. The predicted molar refractivity (Wildman–Crippen MR) is 96.2 cm³/mol. The van der Waals surface area contributed by atoms with Gasteiger partial charge in [0.15, 0.2) is 9.84 Å². The molecule has 130 valence electrons. The molecule has 0 saturated carbocycles. The molecule has 0 saturated heterocycles. The van der Waals surface area contributed by atoms with E-state index in [0.29, 0.717) is 5.82 Å². The lowest BCUT2D eigenvalue weighted by atomic mass is 10.1. The molecule has 0 aliphatic heterocycles. The number of benzene rings is 1. The Morgan fingerprint density at radius 3 is 2.46 bits per heavy atom. The number of nitrogens with zero attached hydrogens (tertiary/aromatic N) is 3. The number of ether oxygens (including phenoxy) is 1. The summed E-state index contributed by atoms with van der Waals surface area (Å²) < 4.78 is 28.8. The molecule has 0 amide bonds. The molecule has 2 rings (SSSR count). The van der Waals surface area contributed by atoms with Crippen molar-refractivity contribution in [3.63, 3.8) is 0 Å². The molecule has 0 N–H and O–H groups in total. The molecular weight excluding hydrogens is 326 g/mol. The maximum absolute atomic E-state index is 11.8. The van der Waals surface area contributed by atoms with Gasteiger partial charge in [0.2, 0.25) is 0 Å². The number of hydrogen-bond acceptors (Lipinski definition) is 6. The van der Waals surface area contributed by atoms with Crippen LogP contribution in [0.1, 0.15) is 13.8 Å². The highest BCUT2D eigenvalue weighted by atomic mass is 32.2. The minimum absolute atomic E-state index is 0.0991. The molecule has 1 aromatic heterocycles. The summed E-state index contributed by atoms with van der Waals surface area (Å²) in [6.45, 7) is 3.54. The van der Waals surface area contributed by atoms with Gasteiger partial charge in [-0.25, -0.2) is 18.4 Å². The molecule has 7 heteroatoms. The molecule has 0 fully saturated rings. The molecule has 2 aromatic rings. The Hall–Kier alpha value is -2.15. The topological polar surface area (TPSA) is 72.4 Å². The average Bonchev–Trinajstić information content (AvgIpc) is 2.61. The van der Waals surface area contributed by atoms with Crippen LogP contribution in [0.3, 0.4) is 0 Å². The van der Waals surface area contributed by atoms with Crippen molar-refractivity contribution in [3.05, 3.63) is 36.7 Å². The monoisotopic (exact) mass is 349 g/mol. The molecule has 24 heavy (non-hydrogen) atoms. The lowest BCUT2D eigenvalue weighted by Crippen LogP contribution is -2.36. The number of hydrogen-bond donors (Lipinski definition) is 0. The fourth-order valence-corrected chi connectivity index (χ4v) is 3.48. The molecule has 0 radical (unpaired) electrons. The van der Waals surface area contributed by atoms with E-state index in [1.54, 1.807) is 14.0 Å². The lowest BCUT2D eigenvalue weighted by molar-refractivity contribution is 0.415. The Bertz CT molecular complexity index is 776. The summed E-state index contributed by atoms with van der Waals surface area (Å²) in [6, 6.07) is 9.28. The maximum atomic E-state index is 11.8. The summed E-state index contributed by atoms with van der Waals surface area (Å²) in [5, 5.41) is 0. The molecular formula is C17H23N3O3S. The molecule has 1 unspecified atom stereocenters. The van der Waals surface area contributed by atoms with Gasteiger partial charge in [0.05, 0.1) is 18.6 Å². The van der Waals surface area contributed by atoms with Crippen LogP contribution in [-0.2, 0) is 9.84 Å². The van der Waals surface area contributed by atoms with Crippen LogP contribution in [0, 0.1) is 0 Å². The van der Waals surface area contributed by atoms with Gasteiger partial charge in [0.25, 0.3) is 0 Å². The number of methoxy groups -OCH3 is 1. The standard InChI is InChI=1S/C17H23N3O3S/c1-5-24(21,22)11-13(2)20(3)17-10-16(18-12-19-17)14-6-8-15(23-4)9-7-14/h6-10,12-13H,5,11H2,1-4H3. The Labute approximate surface area is 143 Å². The van der Waals surface area contributed by atoms with Crippen molar-refractivity contribution in [3.8, 4) is 17.0 Å². The van der Waals surface area contributed by atoms with E-state index >= 15 is 0 Å². The molecule has 0 aliphatic rings. The van der Waals surface area contributed by atoms with Gasteiger partial charge in [-0.05, 0) is 31.2 Å². The Balaban J connectivity index is 2.22. The van der Waals surface area contributed by atoms with Gasteiger partial charge in [-0.2, -0.15) is 0 Å². The van der Waals surface area contributed by atoms with Crippen molar-refractivity contribution in [2.45, 2.75) is 19.9 Å². The fraction of sp³-hybridized carbons (Fsp3) is 0.412. The normalized spacial score (nSPS) is 12.7. The quantitative estimate of drug-likeness (QED) is 0.764. The highest BCUT2D eigenvalue weighted by Gasteiger charge is 2.19. The van der Waals surface area contributed by atoms with Gasteiger partial charge in [0, 0.05) is 30.5 Å². The van der Waals surface area contributed by atoms with Gasteiger partial charge in [-0.15, -0.1) is 0 Å². The Kier molecular flexibility index (Phi) is 5.77. The van der Waals surface area contributed by atoms with Crippen LogP contribution >= 0.6 is 0 Å². The second-order valence-electron chi connectivity index (χ2n) is 5.65. The number of anilines is 1. The molecule has 1 aromatic carbocycles. The number of aromatic nitrogens is 2. The minimum Gasteiger partial charge on any atom is -0.497 e. The van der Waals surface area contributed by atoms with Gasteiger partial charge in [0.1, 0.15) is 17.9 Å². The van der Waals surface area contributed by atoms with Crippen LogP contribution in [0.5, 0.6) is 5.75 Å². The van der Waals surface area contributed by atoms with Crippen molar-refractivity contribution in [1.82, 2.24) is 9.97 Å². The Morgan fingerprint density at radius 2 is 1.88 bits per heavy atom. The van der Waals surface area contributed by atoms with E-state index < -0.39 is 9.84 Å². The largest absolute Gasteiger partial charge is 0.497 e. The van der Waals surface area contributed by atoms with E-state index in [2.05, 4.69) is 9.97 Å². The average molecular weight is 349 g/mol. The smallest absolute Gasteiger partial charge is 0.152 e. The summed E-state index contributed by atoms with van der Waals surface area (Å²) in [5.74, 6) is 1.71. The van der Waals surface area contributed by atoms with Crippen LogP contribution in [-0.4, -0.2) is 50.1 Å². The first kappa shape index (κ1) is 18.2. The summed E-state index contributed by atoms with van der Waals surface area (Å²) >= 11 is 0. The van der Waals surface area contributed by atoms with Crippen molar-refractivity contribution >= 4 is 15.7 Å². The van der Waals surface area contributed by atoms with E-state index in [1.807, 2.05) is 49.2 Å². The first-order chi connectivity index (χ1) is 11.4. The fourth-order valence-electron chi connectivity index (χ4n) is 2.28. The lowest BCUT2D eigenvalue weighted by Gasteiger charge is -2.25. The third kappa shape index (κ3) is 4.44.